The van der Waals surface area contributed by atoms with Crippen molar-refractivity contribution in [1.29, 1.82) is 0 Å². The fraction of sp³-hybridized carbons (Fsp3) is 0.655. The van der Waals surface area contributed by atoms with Crippen molar-refractivity contribution in [2.24, 2.45) is 10.8 Å². The fourth-order valence-corrected chi connectivity index (χ4v) is 7.33. The lowest BCUT2D eigenvalue weighted by Crippen LogP contribution is -2.68. The number of carbonyl (C=O) groups is 2. The molecule has 4 fully saturated rings. The second kappa shape index (κ2) is 9.13. The fourth-order valence-electron chi connectivity index (χ4n) is 7.33. The summed E-state index contributed by atoms with van der Waals surface area (Å²) in [6.45, 7) is 8.12. The maximum Gasteiger partial charge on any atom is 0.331 e. The van der Waals surface area contributed by atoms with E-state index >= 15 is 0 Å². The first-order valence-electron chi connectivity index (χ1n) is 13.4. The minimum Gasteiger partial charge on any atom is -0.462 e. The number of ether oxygens (including phenoxy) is 6. The van der Waals surface area contributed by atoms with Crippen molar-refractivity contribution in [2.75, 3.05) is 13.2 Å². The van der Waals surface area contributed by atoms with Crippen LogP contribution in [-0.4, -0.2) is 78.8 Å². The third kappa shape index (κ3) is 3.85. The predicted octanol–water partition coefficient (Wildman–Crippen LogP) is 2.68. The van der Waals surface area contributed by atoms with Gasteiger partial charge in [0.05, 0.1) is 36.4 Å². The Morgan fingerprint density at radius 3 is 2.58 bits per heavy atom. The third-order valence-electron chi connectivity index (χ3n) is 9.68. The standard InChI is InChI=1S/C29H36O9/c1-16-9-25(32)33-14-28-13-19(30)17(2)11-22(28)37-23-12-21(27(28,4)29(23)15-34-29)38-24(31)8-6-5-7-20-18(3)35-26(10-16)36-20/h5-9,11,18-23,26,30H,10,12-15H2,1-4H3/b7-5+,8-6-,16-9+/t18-,19-,20-,21+,22+,23+,26+,27+,28+,29-/m0/s1. The Morgan fingerprint density at radius 1 is 1.03 bits per heavy atom. The zero-order valence-electron chi connectivity index (χ0n) is 22.3. The van der Waals surface area contributed by atoms with Crippen LogP contribution >= 0.6 is 0 Å². The van der Waals surface area contributed by atoms with Crippen LogP contribution in [0.4, 0.5) is 0 Å². The Hall–Kier alpha value is -2.30. The summed E-state index contributed by atoms with van der Waals surface area (Å²) >= 11 is 0. The number of hydrogen-bond donors (Lipinski definition) is 1. The maximum absolute atomic E-state index is 13.0. The van der Waals surface area contributed by atoms with E-state index in [2.05, 4.69) is 0 Å². The van der Waals surface area contributed by atoms with Gasteiger partial charge in [-0.3, -0.25) is 0 Å². The number of cyclic esters (lactones) is 1. The lowest BCUT2D eigenvalue weighted by molar-refractivity contribution is -0.238. The monoisotopic (exact) mass is 528 g/mol. The zero-order chi connectivity index (χ0) is 26.9. The molecule has 4 heterocycles. The maximum atomic E-state index is 13.0. The van der Waals surface area contributed by atoms with Crippen molar-refractivity contribution in [3.63, 3.8) is 0 Å². The van der Waals surface area contributed by atoms with Crippen LogP contribution in [-0.2, 0) is 38.0 Å². The molecule has 0 aromatic rings. The van der Waals surface area contributed by atoms with Crippen LogP contribution in [0.2, 0.25) is 0 Å². The van der Waals surface area contributed by atoms with Gasteiger partial charge in [0.1, 0.15) is 24.4 Å². The highest BCUT2D eigenvalue weighted by molar-refractivity contribution is 5.83. The molecule has 4 bridgehead atoms. The van der Waals surface area contributed by atoms with Gasteiger partial charge in [-0.1, -0.05) is 36.8 Å². The van der Waals surface area contributed by atoms with Gasteiger partial charge in [-0.2, -0.15) is 0 Å². The first-order chi connectivity index (χ1) is 18.1. The van der Waals surface area contributed by atoms with Crippen molar-refractivity contribution >= 4 is 11.9 Å². The Morgan fingerprint density at radius 2 is 1.82 bits per heavy atom. The Bertz CT molecular complexity index is 1130. The molecular formula is C29H36O9. The molecule has 0 amide bonds. The van der Waals surface area contributed by atoms with E-state index in [9.17, 15) is 14.7 Å². The predicted molar refractivity (Wildman–Crippen MR) is 134 cm³/mol. The van der Waals surface area contributed by atoms with E-state index in [1.165, 1.54) is 12.2 Å². The van der Waals surface area contributed by atoms with Crippen molar-refractivity contribution in [3.05, 3.63) is 47.6 Å². The van der Waals surface area contributed by atoms with Gasteiger partial charge in [0.25, 0.3) is 0 Å². The second-order valence-electron chi connectivity index (χ2n) is 11.8. The van der Waals surface area contributed by atoms with E-state index in [0.717, 1.165) is 11.1 Å². The number of aliphatic hydroxyl groups excluding tert-OH is 1. The molecule has 206 valence electrons. The molecule has 0 unspecified atom stereocenters. The molecule has 2 aliphatic carbocycles. The number of fused-ring (bicyclic) bond motifs is 2. The second-order valence-corrected chi connectivity index (χ2v) is 11.8. The number of allylic oxidation sites excluding steroid dienone is 2. The molecule has 2 spiro atoms. The van der Waals surface area contributed by atoms with Gasteiger partial charge < -0.3 is 33.5 Å². The summed E-state index contributed by atoms with van der Waals surface area (Å²) in [4.78, 5) is 26.0. The highest BCUT2D eigenvalue weighted by Crippen LogP contribution is 2.72. The highest BCUT2D eigenvalue weighted by Gasteiger charge is 2.83. The van der Waals surface area contributed by atoms with Crippen LogP contribution < -0.4 is 0 Å². The molecule has 6 aliphatic rings. The van der Waals surface area contributed by atoms with Gasteiger partial charge in [-0.15, -0.1) is 0 Å². The lowest BCUT2D eigenvalue weighted by Gasteiger charge is -2.58. The van der Waals surface area contributed by atoms with Crippen molar-refractivity contribution in [1.82, 2.24) is 0 Å². The third-order valence-corrected chi connectivity index (χ3v) is 9.68. The van der Waals surface area contributed by atoms with E-state index < -0.39 is 53.0 Å². The largest absolute Gasteiger partial charge is 0.462 e. The molecule has 0 radical (unpaired) electrons. The molecule has 4 aliphatic heterocycles. The van der Waals surface area contributed by atoms with Crippen LogP contribution in [0.3, 0.4) is 0 Å². The molecule has 1 N–H and O–H groups in total. The molecule has 0 aromatic carbocycles. The Labute approximate surface area is 222 Å². The van der Waals surface area contributed by atoms with Crippen molar-refractivity contribution in [3.8, 4) is 0 Å². The average Bonchev–Trinajstić information content (AvgIpc) is 3.55. The van der Waals surface area contributed by atoms with Crippen LogP contribution in [0.1, 0.15) is 47.0 Å². The first-order valence-corrected chi connectivity index (χ1v) is 13.4. The molecule has 10 atom stereocenters. The lowest BCUT2D eigenvalue weighted by atomic mass is 9.51. The molecule has 9 nitrogen and oxygen atoms in total. The SMILES string of the molecule is CC1=C[C@H]2O[C@@H]3C[C@H]4OC(=O)/C=C\C=C\[C@@H]5O[C@H](C/C(C)=C/C(=O)OC[C@@]2(C[C@@H]1O)[C@]4(C)[C@]31CO1)O[C@H]5C. The number of aliphatic hydroxyl groups is 1. The molecule has 6 rings (SSSR count). The van der Waals surface area contributed by atoms with Crippen molar-refractivity contribution < 1.29 is 43.1 Å². The Kier molecular flexibility index (Phi) is 6.23. The number of rotatable bonds is 0. The van der Waals surface area contributed by atoms with E-state index in [1.54, 1.807) is 12.2 Å². The summed E-state index contributed by atoms with van der Waals surface area (Å²) in [7, 11) is 0. The first kappa shape index (κ1) is 26.0. The van der Waals surface area contributed by atoms with Crippen LogP contribution in [0.15, 0.2) is 47.6 Å². The number of hydrogen-bond acceptors (Lipinski definition) is 9. The van der Waals surface area contributed by atoms with E-state index in [0.29, 0.717) is 25.9 Å². The van der Waals surface area contributed by atoms with Gasteiger partial charge >= 0.3 is 11.9 Å². The highest BCUT2D eigenvalue weighted by atomic mass is 16.7. The van der Waals surface area contributed by atoms with Gasteiger partial charge in [-0.25, -0.2) is 9.59 Å². The normalized spacial score (nSPS) is 51.4. The summed E-state index contributed by atoms with van der Waals surface area (Å²) in [5, 5.41) is 11.0. The summed E-state index contributed by atoms with van der Waals surface area (Å²) in [5.74, 6) is -0.976. The summed E-state index contributed by atoms with van der Waals surface area (Å²) in [6, 6.07) is 0. The number of esters is 2. The minimum atomic E-state index is -0.868. The Balaban J connectivity index is 1.39. The topological polar surface area (TPSA) is 113 Å². The van der Waals surface area contributed by atoms with E-state index in [4.69, 9.17) is 28.4 Å². The van der Waals surface area contributed by atoms with Crippen LogP contribution in [0, 0.1) is 10.8 Å². The van der Waals surface area contributed by atoms with E-state index in [-0.39, 0.29) is 24.9 Å². The smallest absolute Gasteiger partial charge is 0.331 e. The van der Waals surface area contributed by atoms with E-state index in [1.807, 2.05) is 39.8 Å². The number of carbonyl (C=O) groups excluding carboxylic acids is 2. The molecular weight excluding hydrogens is 492 g/mol. The zero-order valence-corrected chi connectivity index (χ0v) is 22.3. The van der Waals surface area contributed by atoms with Crippen molar-refractivity contribution in [2.45, 2.75) is 95.5 Å². The summed E-state index contributed by atoms with van der Waals surface area (Å²) in [6.07, 6.45) is 8.24. The molecule has 1 saturated carbocycles. The molecule has 3 saturated heterocycles. The van der Waals surface area contributed by atoms with Crippen LogP contribution in [0.25, 0.3) is 0 Å². The van der Waals surface area contributed by atoms with Gasteiger partial charge in [0, 0.05) is 30.4 Å². The van der Waals surface area contributed by atoms with Gasteiger partial charge in [-0.05, 0) is 32.8 Å². The van der Waals surface area contributed by atoms with Gasteiger partial charge in [0.15, 0.2) is 6.29 Å². The number of epoxide rings is 1. The minimum absolute atomic E-state index is 0.0163. The average molecular weight is 529 g/mol. The van der Waals surface area contributed by atoms with Gasteiger partial charge in [0.2, 0.25) is 0 Å². The quantitative estimate of drug-likeness (QED) is 0.288. The molecule has 38 heavy (non-hydrogen) atoms. The molecule has 9 heteroatoms. The molecule has 0 aromatic heterocycles. The summed E-state index contributed by atoms with van der Waals surface area (Å²) in [5.41, 5.74) is -0.712. The summed E-state index contributed by atoms with van der Waals surface area (Å²) < 4.78 is 36.5. The van der Waals surface area contributed by atoms with Crippen LogP contribution in [0.5, 0.6) is 0 Å².